The van der Waals surface area contributed by atoms with Gasteiger partial charge in [-0.05, 0) is 35.9 Å². The second kappa shape index (κ2) is 5.44. The van der Waals surface area contributed by atoms with Crippen LogP contribution in [0.15, 0.2) is 36.4 Å². The first kappa shape index (κ1) is 13.8. The average Bonchev–Trinajstić information content (AvgIpc) is 3.16. The maximum Gasteiger partial charge on any atom is 0.251 e. The highest BCUT2D eigenvalue weighted by Crippen LogP contribution is 2.32. The normalized spacial score (nSPS) is 12.5. The Kier molecular flexibility index (Phi) is 3.27. The highest BCUT2D eigenvalue weighted by atomic mass is 32.1. The first-order valence-corrected chi connectivity index (χ1v) is 7.83. The van der Waals surface area contributed by atoms with Gasteiger partial charge in [0.15, 0.2) is 16.6 Å². The SMILES string of the molecule is Nc1nc2cc(C(=O)NCc3ccc4c(c3)OCO4)ccc2s1. The van der Waals surface area contributed by atoms with E-state index in [0.717, 1.165) is 21.5 Å². The second-order valence-electron chi connectivity index (χ2n) is 5.10. The lowest BCUT2D eigenvalue weighted by Crippen LogP contribution is -2.22. The summed E-state index contributed by atoms with van der Waals surface area (Å²) in [7, 11) is 0. The summed E-state index contributed by atoms with van der Waals surface area (Å²) in [5, 5.41) is 3.39. The molecular weight excluding hydrogens is 314 g/mol. The Bertz CT molecular complexity index is 907. The number of anilines is 1. The van der Waals surface area contributed by atoms with Crippen LogP contribution in [0, 0.1) is 0 Å². The summed E-state index contributed by atoms with van der Waals surface area (Å²) in [6.07, 6.45) is 0. The molecule has 0 unspecified atom stereocenters. The highest BCUT2D eigenvalue weighted by molar-refractivity contribution is 7.22. The van der Waals surface area contributed by atoms with Gasteiger partial charge in [0.1, 0.15) is 0 Å². The molecule has 0 spiro atoms. The van der Waals surface area contributed by atoms with Crippen LogP contribution in [0.1, 0.15) is 15.9 Å². The van der Waals surface area contributed by atoms with Crippen molar-refractivity contribution >= 4 is 32.6 Å². The Labute approximate surface area is 135 Å². The Morgan fingerprint density at radius 2 is 2.09 bits per heavy atom. The van der Waals surface area contributed by atoms with Gasteiger partial charge in [-0.3, -0.25) is 4.79 Å². The van der Waals surface area contributed by atoms with Crippen LogP contribution in [-0.2, 0) is 6.54 Å². The number of aromatic nitrogens is 1. The number of benzene rings is 2. The Morgan fingerprint density at radius 3 is 3.00 bits per heavy atom. The van der Waals surface area contributed by atoms with Crippen LogP contribution in [0.3, 0.4) is 0 Å². The van der Waals surface area contributed by atoms with Gasteiger partial charge in [-0.15, -0.1) is 0 Å². The molecule has 1 aliphatic heterocycles. The van der Waals surface area contributed by atoms with Crippen molar-refractivity contribution in [1.82, 2.24) is 10.3 Å². The Balaban J connectivity index is 1.48. The zero-order valence-electron chi connectivity index (χ0n) is 12.0. The smallest absolute Gasteiger partial charge is 0.251 e. The van der Waals surface area contributed by atoms with Crippen molar-refractivity contribution in [2.45, 2.75) is 6.54 Å². The van der Waals surface area contributed by atoms with E-state index in [9.17, 15) is 4.79 Å². The fourth-order valence-electron chi connectivity index (χ4n) is 2.42. The Morgan fingerprint density at radius 1 is 1.22 bits per heavy atom. The summed E-state index contributed by atoms with van der Waals surface area (Å²) in [5.74, 6) is 1.28. The summed E-state index contributed by atoms with van der Waals surface area (Å²) in [4.78, 5) is 16.5. The zero-order valence-corrected chi connectivity index (χ0v) is 12.9. The predicted octanol–water partition coefficient (Wildman–Crippen LogP) is 2.54. The predicted molar refractivity (Wildman–Crippen MR) is 87.8 cm³/mol. The van der Waals surface area contributed by atoms with E-state index in [-0.39, 0.29) is 12.7 Å². The molecule has 2 aromatic carbocycles. The van der Waals surface area contributed by atoms with Crippen LogP contribution in [0.4, 0.5) is 5.13 Å². The molecule has 4 rings (SSSR count). The molecule has 7 heteroatoms. The lowest BCUT2D eigenvalue weighted by Gasteiger charge is -2.06. The number of thiazole rings is 1. The van der Waals surface area contributed by atoms with Crippen molar-refractivity contribution in [2.24, 2.45) is 0 Å². The van der Waals surface area contributed by atoms with Gasteiger partial charge in [0.25, 0.3) is 5.91 Å². The van der Waals surface area contributed by atoms with Crippen LogP contribution in [-0.4, -0.2) is 17.7 Å². The number of nitrogens with zero attached hydrogens (tertiary/aromatic N) is 1. The van der Waals surface area contributed by atoms with E-state index in [4.69, 9.17) is 15.2 Å². The van der Waals surface area contributed by atoms with Gasteiger partial charge in [-0.1, -0.05) is 17.4 Å². The summed E-state index contributed by atoms with van der Waals surface area (Å²) in [6, 6.07) is 11.0. The molecule has 23 heavy (non-hydrogen) atoms. The number of fused-ring (bicyclic) bond motifs is 2. The van der Waals surface area contributed by atoms with E-state index in [1.807, 2.05) is 24.3 Å². The molecule has 0 atom stereocenters. The number of nitrogen functional groups attached to an aromatic ring is 1. The molecule has 0 saturated carbocycles. The maximum absolute atomic E-state index is 12.3. The number of hydrogen-bond donors (Lipinski definition) is 2. The number of ether oxygens (including phenoxy) is 2. The van der Waals surface area contributed by atoms with Gasteiger partial charge in [-0.25, -0.2) is 4.98 Å². The van der Waals surface area contributed by atoms with Crippen LogP contribution >= 0.6 is 11.3 Å². The number of rotatable bonds is 3. The van der Waals surface area contributed by atoms with Crippen LogP contribution in [0.25, 0.3) is 10.2 Å². The van der Waals surface area contributed by atoms with E-state index in [1.54, 1.807) is 12.1 Å². The highest BCUT2D eigenvalue weighted by Gasteiger charge is 2.14. The monoisotopic (exact) mass is 327 g/mol. The summed E-state index contributed by atoms with van der Waals surface area (Å²) in [5.41, 5.74) is 7.92. The van der Waals surface area contributed by atoms with Crippen LogP contribution < -0.4 is 20.5 Å². The molecule has 1 amide bonds. The van der Waals surface area contributed by atoms with Crippen molar-refractivity contribution in [2.75, 3.05) is 12.5 Å². The number of hydrogen-bond acceptors (Lipinski definition) is 6. The van der Waals surface area contributed by atoms with Crippen molar-refractivity contribution < 1.29 is 14.3 Å². The van der Waals surface area contributed by atoms with E-state index < -0.39 is 0 Å². The molecular formula is C16H13N3O3S. The average molecular weight is 327 g/mol. The largest absolute Gasteiger partial charge is 0.454 e. The van der Waals surface area contributed by atoms with Crippen molar-refractivity contribution in [3.8, 4) is 11.5 Å². The first-order valence-electron chi connectivity index (χ1n) is 7.02. The second-order valence-corrected chi connectivity index (χ2v) is 6.17. The third kappa shape index (κ3) is 2.66. The van der Waals surface area contributed by atoms with Gasteiger partial charge >= 0.3 is 0 Å². The van der Waals surface area contributed by atoms with E-state index >= 15 is 0 Å². The van der Waals surface area contributed by atoms with Crippen LogP contribution in [0.2, 0.25) is 0 Å². The summed E-state index contributed by atoms with van der Waals surface area (Å²) in [6.45, 7) is 0.647. The molecule has 0 radical (unpaired) electrons. The van der Waals surface area contributed by atoms with Gasteiger partial charge in [-0.2, -0.15) is 0 Å². The van der Waals surface area contributed by atoms with E-state index in [1.165, 1.54) is 11.3 Å². The molecule has 6 nitrogen and oxygen atoms in total. The Hall–Kier alpha value is -2.80. The number of amides is 1. The molecule has 0 saturated heterocycles. The quantitative estimate of drug-likeness (QED) is 0.772. The molecule has 0 fully saturated rings. The maximum atomic E-state index is 12.3. The topological polar surface area (TPSA) is 86.5 Å². The van der Waals surface area contributed by atoms with E-state index in [2.05, 4.69) is 10.3 Å². The number of carbonyl (C=O) groups is 1. The van der Waals surface area contributed by atoms with E-state index in [0.29, 0.717) is 23.0 Å². The fraction of sp³-hybridized carbons (Fsp3) is 0.125. The molecule has 1 aromatic heterocycles. The number of nitrogens with two attached hydrogens (primary N) is 1. The molecule has 3 N–H and O–H groups in total. The fourth-order valence-corrected chi connectivity index (χ4v) is 3.14. The third-order valence-electron chi connectivity index (χ3n) is 3.56. The number of carbonyl (C=O) groups excluding carboxylic acids is 1. The van der Waals surface area contributed by atoms with Gasteiger partial charge in [0, 0.05) is 12.1 Å². The molecule has 3 aromatic rings. The molecule has 0 bridgehead atoms. The minimum atomic E-state index is -0.156. The van der Waals surface area contributed by atoms with Gasteiger partial charge < -0.3 is 20.5 Å². The van der Waals surface area contributed by atoms with Gasteiger partial charge in [0.05, 0.1) is 10.2 Å². The minimum Gasteiger partial charge on any atom is -0.454 e. The lowest BCUT2D eigenvalue weighted by atomic mass is 10.1. The summed E-state index contributed by atoms with van der Waals surface area (Å²) < 4.78 is 11.6. The van der Waals surface area contributed by atoms with Crippen molar-refractivity contribution in [3.63, 3.8) is 0 Å². The van der Waals surface area contributed by atoms with Crippen molar-refractivity contribution in [1.29, 1.82) is 0 Å². The molecule has 0 aliphatic carbocycles. The van der Waals surface area contributed by atoms with Crippen LogP contribution in [0.5, 0.6) is 11.5 Å². The number of nitrogens with one attached hydrogen (secondary N) is 1. The van der Waals surface area contributed by atoms with Crippen molar-refractivity contribution in [3.05, 3.63) is 47.5 Å². The molecule has 2 heterocycles. The third-order valence-corrected chi connectivity index (χ3v) is 4.42. The molecule has 1 aliphatic rings. The first-order chi connectivity index (χ1) is 11.2. The zero-order chi connectivity index (χ0) is 15.8. The van der Waals surface area contributed by atoms with Gasteiger partial charge in [0.2, 0.25) is 6.79 Å². The molecule has 116 valence electrons. The standard InChI is InChI=1S/C16H13N3O3S/c17-16-19-11-6-10(2-4-14(11)23-16)15(20)18-7-9-1-3-12-13(5-9)22-8-21-12/h1-6H,7-8H2,(H2,17,19)(H,18,20). The lowest BCUT2D eigenvalue weighted by molar-refractivity contribution is 0.0951. The minimum absolute atomic E-state index is 0.156. The summed E-state index contributed by atoms with van der Waals surface area (Å²) >= 11 is 1.40.